The predicted octanol–water partition coefficient (Wildman–Crippen LogP) is 4.59. The molecule has 37 heavy (non-hydrogen) atoms. The fourth-order valence-electron chi connectivity index (χ4n) is 5.43. The van der Waals surface area contributed by atoms with E-state index in [-0.39, 0.29) is 40.0 Å². The summed E-state index contributed by atoms with van der Waals surface area (Å²) in [7, 11) is 2.81. The Morgan fingerprint density at radius 3 is 2.30 bits per heavy atom. The highest BCUT2D eigenvalue weighted by Crippen LogP contribution is 2.49. The first kappa shape index (κ1) is 25.3. The van der Waals surface area contributed by atoms with Gasteiger partial charge in [-0.15, -0.1) is 0 Å². The third-order valence-electron chi connectivity index (χ3n) is 8.10. The van der Waals surface area contributed by atoms with E-state index in [0.717, 1.165) is 25.7 Å². The highest BCUT2D eigenvalue weighted by molar-refractivity contribution is 5.98. The Balaban J connectivity index is 1.20. The van der Waals surface area contributed by atoms with Gasteiger partial charge in [0.25, 0.3) is 11.8 Å². The Kier molecular flexibility index (Phi) is 6.96. The number of rotatable bonds is 8. The average Bonchev–Trinajstić information content (AvgIpc) is 3.74. The number of benzene rings is 2. The minimum absolute atomic E-state index is 0.0609. The maximum absolute atomic E-state index is 14.6. The van der Waals surface area contributed by atoms with Gasteiger partial charge in [-0.05, 0) is 80.2 Å². The molecule has 3 fully saturated rings. The quantitative estimate of drug-likeness (QED) is 0.558. The second-order valence-electron chi connectivity index (χ2n) is 10.3. The lowest BCUT2D eigenvalue weighted by Crippen LogP contribution is -2.59. The summed E-state index contributed by atoms with van der Waals surface area (Å²) >= 11 is 0. The summed E-state index contributed by atoms with van der Waals surface area (Å²) in [5.41, 5.74) is -0.00986. The van der Waals surface area contributed by atoms with Crippen LogP contribution < -0.4 is 19.5 Å². The predicted molar refractivity (Wildman–Crippen MR) is 132 cm³/mol. The number of halogens is 2. The van der Waals surface area contributed by atoms with E-state index in [1.807, 2.05) is 0 Å². The summed E-state index contributed by atoms with van der Waals surface area (Å²) in [4.78, 5) is 27.7. The Hall–Kier alpha value is -3.36. The molecule has 9 heteroatoms. The van der Waals surface area contributed by atoms with Crippen LogP contribution in [0.1, 0.15) is 59.2 Å². The van der Waals surface area contributed by atoms with Crippen LogP contribution >= 0.6 is 0 Å². The van der Waals surface area contributed by atoms with Gasteiger partial charge in [-0.3, -0.25) is 9.59 Å². The Bertz CT molecular complexity index is 1190. The standard InChI is InChI=1S/C28H32F2N2O5/c1-35-22-8-6-19(29)24(25(22)36-2)27(34)32-13-11-28(12-14-32)10-9-23(28)31-26(33)18-5-7-21(20(30)15-18)37-16-17-3-4-17/h5-8,15,17,23H,3-4,9-14,16H2,1-2H3,(H,31,33). The third kappa shape index (κ3) is 4.95. The molecule has 1 spiro atoms. The molecule has 1 aliphatic heterocycles. The Morgan fingerprint density at radius 2 is 1.70 bits per heavy atom. The highest BCUT2D eigenvalue weighted by atomic mass is 19.1. The average molecular weight is 515 g/mol. The molecule has 198 valence electrons. The van der Waals surface area contributed by atoms with E-state index in [9.17, 15) is 18.4 Å². The van der Waals surface area contributed by atoms with E-state index in [4.69, 9.17) is 14.2 Å². The van der Waals surface area contributed by atoms with Gasteiger partial charge in [0.15, 0.2) is 23.1 Å². The van der Waals surface area contributed by atoms with Crippen LogP contribution in [0.2, 0.25) is 0 Å². The maximum Gasteiger partial charge on any atom is 0.260 e. The second-order valence-corrected chi connectivity index (χ2v) is 10.3. The first-order chi connectivity index (χ1) is 17.8. The molecule has 2 amide bonds. The van der Waals surface area contributed by atoms with Gasteiger partial charge < -0.3 is 24.4 Å². The number of hydrogen-bond donors (Lipinski definition) is 1. The van der Waals surface area contributed by atoms with E-state index in [2.05, 4.69) is 5.32 Å². The van der Waals surface area contributed by atoms with Crippen molar-refractivity contribution in [2.24, 2.45) is 11.3 Å². The summed E-state index contributed by atoms with van der Waals surface area (Å²) in [6.07, 6.45) is 5.34. The van der Waals surface area contributed by atoms with Crippen molar-refractivity contribution in [3.8, 4) is 17.2 Å². The van der Waals surface area contributed by atoms with Crippen LogP contribution in [0, 0.1) is 23.0 Å². The number of nitrogens with zero attached hydrogens (tertiary/aromatic N) is 1. The van der Waals surface area contributed by atoms with Crippen molar-refractivity contribution in [2.75, 3.05) is 33.9 Å². The van der Waals surface area contributed by atoms with Crippen molar-refractivity contribution in [2.45, 2.75) is 44.6 Å². The zero-order chi connectivity index (χ0) is 26.2. The molecule has 1 heterocycles. The minimum Gasteiger partial charge on any atom is -0.493 e. The van der Waals surface area contributed by atoms with Gasteiger partial charge in [-0.2, -0.15) is 0 Å². The molecular formula is C28H32F2N2O5. The molecule has 0 aromatic heterocycles. The molecule has 7 nitrogen and oxygen atoms in total. The van der Waals surface area contributed by atoms with Gasteiger partial charge in [0, 0.05) is 24.7 Å². The number of piperidine rings is 1. The van der Waals surface area contributed by atoms with Crippen LogP contribution in [0.3, 0.4) is 0 Å². The summed E-state index contributed by atoms with van der Waals surface area (Å²) < 4.78 is 45.1. The van der Waals surface area contributed by atoms with Gasteiger partial charge in [-0.25, -0.2) is 8.78 Å². The Morgan fingerprint density at radius 1 is 0.973 bits per heavy atom. The topological polar surface area (TPSA) is 77.1 Å². The van der Waals surface area contributed by atoms with Crippen LogP contribution in [0.15, 0.2) is 30.3 Å². The first-order valence-electron chi connectivity index (χ1n) is 12.8. The van der Waals surface area contributed by atoms with Crippen molar-refractivity contribution in [1.82, 2.24) is 10.2 Å². The zero-order valence-electron chi connectivity index (χ0n) is 21.1. The van der Waals surface area contributed by atoms with Crippen LogP contribution in [0.25, 0.3) is 0 Å². The van der Waals surface area contributed by atoms with E-state index in [1.165, 1.54) is 38.5 Å². The van der Waals surface area contributed by atoms with E-state index in [0.29, 0.717) is 44.2 Å². The molecule has 1 unspecified atom stereocenters. The molecule has 0 radical (unpaired) electrons. The molecule has 2 aromatic rings. The normalized spacial score (nSPS) is 20.2. The number of hydrogen-bond acceptors (Lipinski definition) is 5. The van der Waals surface area contributed by atoms with Crippen molar-refractivity contribution in [3.05, 3.63) is 53.1 Å². The molecule has 5 rings (SSSR count). The second kappa shape index (κ2) is 10.2. The summed E-state index contributed by atoms with van der Waals surface area (Å²) in [6, 6.07) is 6.89. The third-order valence-corrected chi connectivity index (χ3v) is 8.10. The molecule has 1 saturated heterocycles. The molecule has 2 aromatic carbocycles. The van der Waals surface area contributed by atoms with Crippen LogP contribution in [-0.4, -0.2) is 56.7 Å². The van der Waals surface area contributed by atoms with Gasteiger partial charge in [0.2, 0.25) is 0 Å². The van der Waals surface area contributed by atoms with Gasteiger partial charge >= 0.3 is 0 Å². The smallest absolute Gasteiger partial charge is 0.260 e. The van der Waals surface area contributed by atoms with Gasteiger partial charge in [0.05, 0.1) is 20.8 Å². The fourth-order valence-corrected chi connectivity index (χ4v) is 5.43. The number of amides is 2. The SMILES string of the molecule is COc1ccc(F)c(C(=O)N2CCC3(CCC3NC(=O)c3ccc(OCC4CC4)c(F)c3)CC2)c1OC. The van der Waals surface area contributed by atoms with Gasteiger partial charge in [-0.1, -0.05) is 0 Å². The molecule has 1 N–H and O–H groups in total. The van der Waals surface area contributed by atoms with Crippen LogP contribution in [0.5, 0.6) is 17.2 Å². The Labute approximate surface area is 215 Å². The molecule has 1 atom stereocenters. The van der Waals surface area contributed by atoms with Crippen molar-refractivity contribution >= 4 is 11.8 Å². The number of carbonyl (C=O) groups excluding carboxylic acids is 2. The first-order valence-corrected chi connectivity index (χ1v) is 12.8. The van der Waals surface area contributed by atoms with Crippen molar-refractivity contribution in [3.63, 3.8) is 0 Å². The molecule has 0 bridgehead atoms. The molecule has 2 aliphatic carbocycles. The molecular weight excluding hydrogens is 482 g/mol. The molecule has 2 saturated carbocycles. The lowest BCUT2D eigenvalue weighted by Gasteiger charge is -2.54. The van der Waals surface area contributed by atoms with Crippen LogP contribution in [0.4, 0.5) is 8.78 Å². The summed E-state index contributed by atoms with van der Waals surface area (Å²) in [5.74, 6) is -0.906. The number of ether oxygens (including phenoxy) is 3. The van der Waals surface area contributed by atoms with Gasteiger partial charge in [0.1, 0.15) is 11.4 Å². The zero-order valence-corrected chi connectivity index (χ0v) is 21.1. The van der Waals surface area contributed by atoms with E-state index >= 15 is 0 Å². The van der Waals surface area contributed by atoms with Crippen molar-refractivity contribution < 1.29 is 32.6 Å². The largest absolute Gasteiger partial charge is 0.493 e. The lowest BCUT2D eigenvalue weighted by molar-refractivity contribution is -0.00254. The molecule has 3 aliphatic rings. The van der Waals surface area contributed by atoms with Crippen LogP contribution in [-0.2, 0) is 0 Å². The highest BCUT2D eigenvalue weighted by Gasteiger charge is 2.49. The van der Waals surface area contributed by atoms with E-state index < -0.39 is 17.5 Å². The number of methoxy groups -OCH3 is 2. The summed E-state index contributed by atoms with van der Waals surface area (Å²) in [6.45, 7) is 1.38. The lowest BCUT2D eigenvalue weighted by atomic mass is 9.59. The number of nitrogens with one attached hydrogen (secondary N) is 1. The maximum atomic E-state index is 14.6. The van der Waals surface area contributed by atoms with Crippen molar-refractivity contribution in [1.29, 1.82) is 0 Å². The minimum atomic E-state index is -0.659. The summed E-state index contributed by atoms with van der Waals surface area (Å²) in [5, 5.41) is 3.07. The van der Waals surface area contributed by atoms with E-state index in [1.54, 1.807) is 11.0 Å². The number of likely N-dealkylation sites (tertiary alicyclic amines) is 1. The fraction of sp³-hybridized carbons (Fsp3) is 0.500. The number of carbonyl (C=O) groups is 2. The monoisotopic (exact) mass is 514 g/mol.